The molecule has 148 valence electrons. The van der Waals surface area contributed by atoms with Gasteiger partial charge in [0.05, 0.1) is 13.2 Å². The van der Waals surface area contributed by atoms with Crippen molar-refractivity contribution >= 4 is 5.96 Å². The largest absolute Gasteiger partial charge is 0.379 e. The van der Waals surface area contributed by atoms with Gasteiger partial charge in [0.1, 0.15) is 5.82 Å². The predicted molar refractivity (Wildman–Crippen MR) is 106 cm³/mol. The van der Waals surface area contributed by atoms with E-state index in [1.807, 2.05) is 19.2 Å². The van der Waals surface area contributed by atoms with Crippen LogP contribution in [0.2, 0.25) is 0 Å². The Hall–Kier alpha value is -1.66. The predicted octanol–water partition coefficient (Wildman–Crippen LogP) is 2.09. The number of likely N-dealkylation sites (tertiary alicyclic amines) is 1. The summed E-state index contributed by atoms with van der Waals surface area (Å²) in [5, 5.41) is 3.54. The first kappa shape index (κ1) is 18.7. The van der Waals surface area contributed by atoms with Gasteiger partial charge in [-0.25, -0.2) is 4.39 Å². The van der Waals surface area contributed by atoms with Crippen LogP contribution >= 0.6 is 0 Å². The minimum atomic E-state index is -0.0847. The van der Waals surface area contributed by atoms with Gasteiger partial charge >= 0.3 is 0 Å². The number of halogens is 1. The fraction of sp³-hybridized carbons (Fsp3) is 0.667. The summed E-state index contributed by atoms with van der Waals surface area (Å²) in [6, 6.07) is 7.20. The maximum Gasteiger partial charge on any atom is 0.193 e. The molecule has 1 aromatic rings. The van der Waals surface area contributed by atoms with Gasteiger partial charge in [-0.1, -0.05) is 18.2 Å². The summed E-state index contributed by atoms with van der Waals surface area (Å²) >= 11 is 0. The highest BCUT2D eigenvalue weighted by Crippen LogP contribution is 2.48. The highest BCUT2D eigenvalue weighted by Gasteiger charge is 2.46. The Bertz CT molecular complexity index is 670. The molecular formula is C21H31FN4O. The second-order valence-electron chi connectivity index (χ2n) is 8.17. The first-order chi connectivity index (χ1) is 13.2. The first-order valence-corrected chi connectivity index (χ1v) is 10.2. The number of aliphatic imine (C=N–C) groups is 1. The number of rotatable bonds is 5. The number of guanidine groups is 1. The maximum absolute atomic E-state index is 14.2. The third kappa shape index (κ3) is 4.27. The quantitative estimate of drug-likeness (QED) is 0.633. The van der Waals surface area contributed by atoms with E-state index >= 15 is 0 Å². The van der Waals surface area contributed by atoms with Crippen molar-refractivity contribution < 1.29 is 9.13 Å². The molecule has 1 aliphatic carbocycles. The van der Waals surface area contributed by atoms with Gasteiger partial charge in [0.2, 0.25) is 0 Å². The zero-order valence-corrected chi connectivity index (χ0v) is 16.3. The fourth-order valence-corrected chi connectivity index (χ4v) is 4.49. The molecule has 6 heteroatoms. The van der Waals surface area contributed by atoms with Gasteiger partial charge in [0.25, 0.3) is 0 Å². The zero-order chi connectivity index (χ0) is 18.7. The molecule has 2 heterocycles. The molecule has 3 fully saturated rings. The fourth-order valence-electron chi connectivity index (χ4n) is 4.49. The molecule has 1 saturated carbocycles. The van der Waals surface area contributed by atoms with Gasteiger partial charge in [-0.2, -0.15) is 0 Å². The van der Waals surface area contributed by atoms with Crippen LogP contribution in [-0.2, 0) is 10.2 Å². The highest BCUT2D eigenvalue weighted by molar-refractivity contribution is 5.80. The van der Waals surface area contributed by atoms with E-state index in [1.165, 1.54) is 6.42 Å². The number of ether oxygens (including phenoxy) is 1. The molecule has 0 radical (unpaired) electrons. The number of nitrogens with one attached hydrogen (secondary N) is 1. The maximum atomic E-state index is 14.2. The van der Waals surface area contributed by atoms with Crippen LogP contribution in [-0.4, -0.2) is 75.3 Å². The molecule has 1 atom stereocenters. The van der Waals surface area contributed by atoms with Crippen molar-refractivity contribution in [3.8, 4) is 0 Å². The van der Waals surface area contributed by atoms with Crippen LogP contribution in [0, 0.1) is 11.7 Å². The van der Waals surface area contributed by atoms with Crippen molar-refractivity contribution in [1.82, 2.24) is 15.1 Å². The number of morpholine rings is 1. The Morgan fingerprint density at radius 3 is 2.74 bits per heavy atom. The van der Waals surface area contributed by atoms with Crippen LogP contribution in [0.15, 0.2) is 29.3 Å². The number of hydrogen-bond donors (Lipinski definition) is 1. The van der Waals surface area contributed by atoms with Crippen molar-refractivity contribution in [2.24, 2.45) is 10.9 Å². The van der Waals surface area contributed by atoms with Gasteiger partial charge in [-0.05, 0) is 36.8 Å². The molecule has 0 spiro atoms. The van der Waals surface area contributed by atoms with Gasteiger partial charge < -0.3 is 15.0 Å². The summed E-state index contributed by atoms with van der Waals surface area (Å²) < 4.78 is 19.7. The number of benzene rings is 1. The van der Waals surface area contributed by atoms with Crippen molar-refractivity contribution in [3.63, 3.8) is 0 Å². The Morgan fingerprint density at radius 1 is 1.26 bits per heavy atom. The average Bonchev–Trinajstić information content (AvgIpc) is 3.34. The van der Waals surface area contributed by atoms with Crippen LogP contribution < -0.4 is 5.32 Å². The number of nitrogens with zero attached hydrogens (tertiary/aromatic N) is 3. The van der Waals surface area contributed by atoms with E-state index in [0.29, 0.717) is 5.92 Å². The van der Waals surface area contributed by atoms with Crippen molar-refractivity contribution in [3.05, 3.63) is 35.6 Å². The summed E-state index contributed by atoms with van der Waals surface area (Å²) in [5.74, 6) is 1.56. The van der Waals surface area contributed by atoms with E-state index in [4.69, 9.17) is 4.74 Å². The summed E-state index contributed by atoms with van der Waals surface area (Å²) in [5.41, 5.74) is 0.786. The molecule has 3 aliphatic rings. The number of hydrogen-bond acceptors (Lipinski definition) is 3. The molecular weight excluding hydrogens is 343 g/mol. The molecule has 1 aromatic carbocycles. The smallest absolute Gasteiger partial charge is 0.193 e. The molecule has 0 amide bonds. The van der Waals surface area contributed by atoms with Crippen LogP contribution in [0.4, 0.5) is 4.39 Å². The van der Waals surface area contributed by atoms with E-state index < -0.39 is 0 Å². The zero-order valence-electron chi connectivity index (χ0n) is 16.3. The van der Waals surface area contributed by atoms with Crippen LogP contribution in [0.25, 0.3) is 0 Å². The van der Waals surface area contributed by atoms with Crippen molar-refractivity contribution in [2.45, 2.75) is 24.7 Å². The van der Waals surface area contributed by atoms with Gasteiger partial charge in [-0.15, -0.1) is 0 Å². The van der Waals surface area contributed by atoms with Crippen molar-refractivity contribution in [1.29, 1.82) is 0 Å². The second kappa shape index (κ2) is 8.15. The summed E-state index contributed by atoms with van der Waals surface area (Å²) in [6.07, 6.45) is 3.28. The molecule has 2 saturated heterocycles. The standard InChI is InChI=1S/C21H31FN4O/c1-23-20(24-16-21(7-8-21)18-4-2-3-5-19(18)22)26-9-6-17(15-26)14-25-10-12-27-13-11-25/h2-5,17H,6-16H2,1H3,(H,23,24). The topological polar surface area (TPSA) is 40.1 Å². The van der Waals surface area contributed by atoms with Crippen LogP contribution in [0.3, 0.4) is 0 Å². The Labute approximate surface area is 161 Å². The highest BCUT2D eigenvalue weighted by atomic mass is 19.1. The lowest BCUT2D eigenvalue weighted by Crippen LogP contribution is -2.44. The van der Waals surface area contributed by atoms with Crippen molar-refractivity contribution in [2.75, 3.05) is 59.5 Å². The molecule has 2 aliphatic heterocycles. The third-order valence-electron chi connectivity index (χ3n) is 6.30. The minimum absolute atomic E-state index is 0.0613. The lowest BCUT2D eigenvalue weighted by molar-refractivity contribution is 0.0315. The lowest BCUT2D eigenvalue weighted by Gasteiger charge is -2.29. The molecule has 0 bridgehead atoms. The van der Waals surface area contributed by atoms with E-state index in [9.17, 15) is 4.39 Å². The summed E-state index contributed by atoms with van der Waals surface area (Å²) in [7, 11) is 1.85. The normalized spacial score (nSPS) is 25.6. The molecule has 4 rings (SSSR count). The Balaban J connectivity index is 1.30. The van der Waals surface area contributed by atoms with Gasteiger partial charge in [0, 0.05) is 51.7 Å². The average molecular weight is 375 g/mol. The van der Waals surface area contributed by atoms with E-state index in [1.54, 1.807) is 12.1 Å². The molecule has 5 nitrogen and oxygen atoms in total. The van der Waals surface area contributed by atoms with Crippen LogP contribution in [0.1, 0.15) is 24.8 Å². The SMILES string of the molecule is CN=C(NCC1(c2ccccc2F)CC1)N1CCC(CN2CCOCC2)C1. The minimum Gasteiger partial charge on any atom is -0.379 e. The Morgan fingerprint density at radius 2 is 2.04 bits per heavy atom. The van der Waals surface area contributed by atoms with Gasteiger partial charge in [-0.3, -0.25) is 9.89 Å². The van der Waals surface area contributed by atoms with Crippen LogP contribution in [0.5, 0.6) is 0 Å². The lowest BCUT2D eigenvalue weighted by atomic mass is 9.95. The molecule has 0 aromatic heterocycles. The second-order valence-corrected chi connectivity index (χ2v) is 8.17. The molecule has 1 N–H and O–H groups in total. The Kier molecular flexibility index (Phi) is 5.64. The third-order valence-corrected chi connectivity index (χ3v) is 6.30. The first-order valence-electron chi connectivity index (χ1n) is 10.2. The van der Waals surface area contributed by atoms with Gasteiger partial charge in [0.15, 0.2) is 5.96 Å². The summed E-state index contributed by atoms with van der Waals surface area (Å²) in [6.45, 7) is 7.81. The molecule has 27 heavy (non-hydrogen) atoms. The molecule has 1 unspecified atom stereocenters. The van der Waals surface area contributed by atoms with E-state index in [0.717, 1.165) is 76.8 Å². The monoisotopic (exact) mass is 374 g/mol. The van der Waals surface area contributed by atoms with E-state index in [2.05, 4.69) is 20.1 Å². The van der Waals surface area contributed by atoms with E-state index in [-0.39, 0.29) is 11.2 Å². The summed E-state index contributed by atoms with van der Waals surface area (Å²) in [4.78, 5) is 9.39.